The second-order valence-corrected chi connectivity index (χ2v) is 4.31. The van der Waals surface area contributed by atoms with E-state index in [9.17, 15) is 0 Å². The van der Waals surface area contributed by atoms with Gasteiger partial charge in [-0.1, -0.05) is 6.07 Å². The third kappa shape index (κ3) is 3.12. The lowest BCUT2D eigenvalue weighted by Crippen LogP contribution is -2.30. The van der Waals surface area contributed by atoms with Crippen LogP contribution in [0.3, 0.4) is 0 Å². The van der Waals surface area contributed by atoms with Gasteiger partial charge in [0.2, 0.25) is 0 Å². The summed E-state index contributed by atoms with van der Waals surface area (Å²) in [5, 5.41) is 0. The molecule has 0 bridgehead atoms. The van der Waals surface area contributed by atoms with Crippen LogP contribution in [-0.4, -0.2) is 19.1 Å². The van der Waals surface area contributed by atoms with E-state index in [4.69, 9.17) is 10.6 Å². The van der Waals surface area contributed by atoms with Crippen molar-refractivity contribution in [3.8, 4) is 5.75 Å². The standard InChI is InChI=1S/C11H18N2OS/c1-8-6-9(14-2)4-5-10(8)11(13-12)7-15-3/h4-6,11,13H,7,12H2,1-3H3. The molecule has 0 radical (unpaired) electrons. The van der Waals surface area contributed by atoms with Crippen LogP contribution in [0.4, 0.5) is 0 Å². The Hall–Kier alpha value is -0.710. The van der Waals surface area contributed by atoms with Crippen LogP contribution in [0.15, 0.2) is 18.2 Å². The van der Waals surface area contributed by atoms with E-state index in [0.717, 1.165) is 11.5 Å². The van der Waals surface area contributed by atoms with Gasteiger partial charge in [0.1, 0.15) is 5.75 Å². The fourth-order valence-electron chi connectivity index (χ4n) is 1.56. The number of benzene rings is 1. The number of ether oxygens (including phenoxy) is 1. The number of nitrogens with one attached hydrogen (secondary N) is 1. The maximum atomic E-state index is 5.54. The van der Waals surface area contributed by atoms with Gasteiger partial charge in [-0.2, -0.15) is 11.8 Å². The Kier molecular flexibility index (Phi) is 4.94. The highest BCUT2D eigenvalue weighted by Crippen LogP contribution is 2.23. The third-order valence-electron chi connectivity index (χ3n) is 2.39. The monoisotopic (exact) mass is 226 g/mol. The number of hydrazine groups is 1. The van der Waals surface area contributed by atoms with Gasteiger partial charge >= 0.3 is 0 Å². The number of methoxy groups -OCH3 is 1. The Bertz CT molecular complexity index is 317. The van der Waals surface area contributed by atoms with E-state index in [1.54, 1.807) is 18.9 Å². The third-order valence-corrected chi connectivity index (χ3v) is 3.05. The molecule has 0 saturated heterocycles. The van der Waals surface area contributed by atoms with E-state index in [1.165, 1.54) is 11.1 Å². The summed E-state index contributed by atoms with van der Waals surface area (Å²) in [5.74, 6) is 7.38. The van der Waals surface area contributed by atoms with Crippen LogP contribution in [0, 0.1) is 6.92 Å². The molecule has 0 aliphatic rings. The molecule has 0 heterocycles. The van der Waals surface area contributed by atoms with Crippen LogP contribution in [0.1, 0.15) is 17.2 Å². The molecule has 3 nitrogen and oxygen atoms in total. The summed E-state index contributed by atoms with van der Waals surface area (Å²) in [6.45, 7) is 2.07. The van der Waals surface area contributed by atoms with E-state index in [-0.39, 0.29) is 6.04 Å². The number of hydrogen-bond donors (Lipinski definition) is 2. The van der Waals surface area contributed by atoms with Crippen LogP contribution >= 0.6 is 11.8 Å². The Morgan fingerprint density at radius 2 is 2.27 bits per heavy atom. The van der Waals surface area contributed by atoms with Gasteiger partial charge in [0.15, 0.2) is 0 Å². The molecule has 3 N–H and O–H groups in total. The van der Waals surface area contributed by atoms with Crippen LogP contribution in [0.25, 0.3) is 0 Å². The van der Waals surface area contributed by atoms with E-state index >= 15 is 0 Å². The number of hydrogen-bond acceptors (Lipinski definition) is 4. The van der Waals surface area contributed by atoms with Crippen LogP contribution < -0.4 is 16.0 Å². The van der Waals surface area contributed by atoms with E-state index in [1.807, 2.05) is 12.1 Å². The van der Waals surface area contributed by atoms with Crippen molar-refractivity contribution in [1.82, 2.24) is 5.43 Å². The molecule has 1 atom stereocenters. The van der Waals surface area contributed by atoms with Gasteiger partial charge in [-0.05, 0) is 36.4 Å². The molecule has 0 amide bonds. The second kappa shape index (κ2) is 6.00. The number of nitrogens with two attached hydrogens (primary N) is 1. The summed E-state index contributed by atoms with van der Waals surface area (Å²) in [6, 6.07) is 6.26. The minimum atomic E-state index is 0.200. The molecule has 84 valence electrons. The Morgan fingerprint density at radius 1 is 1.53 bits per heavy atom. The zero-order valence-electron chi connectivity index (χ0n) is 9.41. The fourth-order valence-corrected chi connectivity index (χ4v) is 2.17. The van der Waals surface area contributed by atoms with Gasteiger partial charge < -0.3 is 4.74 Å². The first-order chi connectivity index (χ1) is 7.22. The van der Waals surface area contributed by atoms with Gasteiger partial charge in [-0.25, -0.2) is 0 Å². The Morgan fingerprint density at radius 3 is 2.73 bits per heavy atom. The highest BCUT2D eigenvalue weighted by molar-refractivity contribution is 7.98. The van der Waals surface area contributed by atoms with Crippen molar-refractivity contribution in [2.75, 3.05) is 19.1 Å². The van der Waals surface area contributed by atoms with Crippen molar-refractivity contribution in [2.24, 2.45) is 5.84 Å². The lowest BCUT2D eigenvalue weighted by molar-refractivity contribution is 0.414. The SMILES string of the molecule is COc1ccc(C(CSC)NN)c(C)c1. The molecule has 0 aliphatic heterocycles. The number of aryl methyl sites for hydroxylation is 1. The molecule has 0 saturated carbocycles. The predicted octanol–water partition coefficient (Wildman–Crippen LogP) is 1.87. The molecule has 1 aromatic carbocycles. The highest BCUT2D eigenvalue weighted by Gasteiger charge is 2.11. The lowest BCUT2D eigenvalue weighted by Gasteiger charge is -2.17. The van der Waals surface area contributed by atoms with Gasteiger partial charge in [0, 0.05) is 5.75 Å². The van der Waals surface area contributed by atoms with Crippen LogP contribution in [0.5, 0.6) is 5.75 Å². The molecule has 0 aliphatic carbocycles. The number of thioether (sulfide) groups is 1. The van der Waals surface area contributed by atoms with Crippen molar-refractivity contribution >= 4 is 11.8 Å². The van der Waals surface area contributed by atoms with Crippen molar-refractivity contribution in [1.29, 1.82) is 0 Å². The summed E-state index contributed by atoms with van der Waals surface area (Å²) in [5.41, 5.74) is 5.27. The average molecular weight is 226 g/mol. The normalized spacial score (nSPS) is 12.5. The molecule has 15 heavy (non-hydrogen) atoms. The molecule has 1 rings (SSSR count). The zero-order chi connectivity index (χ0) is 11.3. The summed E-state index contributed by atoms with van der Waals surface area (Å²) in [4.78, 5) is 0. The Labute approximate surface area is 95.4 Å². The van der Waals surface area contributed by atoms with Gasteiger partial charge in [-0.3, -0.25) is 11.3 Å². The largest absolute Gasteiger partial charge is 0.497 e. The van der Waals surface area contributed by atoms with E-state index in [2.05, 4.69) is 24.7 Å². The predicted molar refractivity (Wildman–Crippen MR) is 66.2 cm³/mol. The van der Waals surface area contributed by atoms with Crippen molar-refractivity contribution in [3.63, 3.8) is 0 Å². The highest BCUT2D eigenvalue weighted by atomic mass is 32.2. The number of rotatable bonds is 5. The van der Waals surface area contributed by atoms with E-state index < -0.39 is 0 Å². The molecular formula is C11H18N2OS. The zero-order valence-corrected chi connectivity index (χ0v) is 10.2. The molecule has 1 aromatic rings. The van der Waals surface area contributed by atoms with E-state index in [0.29, 0.717) is 0 Å². The first-order valence-electron chi connectivity index (χ1n) is 4.82. The van der Waals surface area contributed by atoms with Gasteiger partial charge in [0.05, 0.1) is 13.2 Å². The van der Waals surface area contributed by atoms with Crippen molar-refractivity contribution < 1.29 is 4.74 Å². The summed E-state index contributed by atoms with van der Waals surface area (Å²) in [6.07, 6.45) is 2.07. The molecule has 4 heteroatoms. The van der Waals surface area contributed by atoms with Gasteiger partial charge in [-0.15, -0.1) is 0 Å². The Balaban J connectivity index is 2.92. The minimum absolute atomic E-state index is 0.200. The van der Waals surface area contributed by atoms with Crippen molar-refractivity contribution in [2.45, 2.75) is 13.0 Å². The quantitative estimate of drug-likeness (QED) is 0.594. The average Bonchev–Trinajstić information content (AvgIpc) is 2.26. The minimum Gasteiger partial charge on any atom is -0.497 e. The molecule has 0 aromatic heterocycles. The smallest absolute Gasteiger partial charge is 0.119 e. The van der Waals surface area contributed by atoms with Crippen molar-refractivity contribution in [3.05, 3.63) is 29.3 Å². The lowest BCUT2D eigenvalue weighted by atomic mass is 10.0. The van der Waals surface area contributed by atoms with Crippen LogP contribution in [-0.2, 0) is 0 Å². The molecule has 1 unspecified atom stereocenters. The second-order valence-electron chi connectivity index (χ2n) is 3.40. The molecular weight excluding hydrogens is 208 g/mol. The molecule has 0 spiro atoms. The summed E-state index contributed by atoms with van der Waals surface area (Å²) >= 11 is 1.77. The summed E-state index contributed by atoms with van der Waals surface area (Å²) < 4.78 is 5.17. The summed E-state index contributed by atoms with van der Waals surface area (Å²) in [7, 11) is 1.68. The topological polar surface area (TPSA) is 47.3 Å². The maximum Gasteiger partial charge on any atom is 0.119 e. The fraction of sp³-hybridized carbons (Fsp3) is 0.455. The van der Waals surface area contributed by atoms with Gasteiger partial charge in [0.25, 0.3) is 0 Å². The van der Waals surface area contributed by atoms with Crippen LogP contribution in [0.2, 0.25) is 0 Å². The first kappa shape index (κ1) is 12.4. The molecule has 0 fully saturated rings. The first-order valence-corrected chi connectivity index (χ1v) is 6.22. The maximum absolute atomic E-state index is 5.54.